The van der Waals surface area contributed by atoms with Crippen molar-refractivity contribution >= 4 is 38.9 Å². The first kappa shape index (κ1) is 19.3. The molecule has 0 unspecified atom stereocenters. The molecule has 0 saturated carbocycles. The van der Waals surface area contributed by atoms with E-state index >= 15 is 0 Å². The van der Waals surface area contributed by atoms with Crippen molar-refractivity contribution in [3.05, 3.63) is 75.2 Å². The number of hydrogen-bond acceptors (Lipinski definition) is 6. The van der Waals surface area contributed by atoms with Gasteiger partial charge < -0.3 is 10.1 Å². The van der Waals surface area contributed by atoms with E-state index in [-0.39, 0.29) is 5.91 Å². The minimum absolute atomic E-state index is 0.152. The highest BCUT2D eigenvalue weighted by Crippen LogP contribution is 2.24. The maximum atomic E-state index is 12.2. The lowest BCUT2D eigenvalue weighted by molar-refractivity contribution is 0.103. The maximum Gasteiger partial charge on any atom is 0.265 e. The number of rotatable bonds is 5. The fourth-order valence-electron chi connectivity index (χ4n) is 2.60. The summed E-state index contributed by atoms with van der Waals surface area (Å²) in [5.41, 5.74) is 2.63. The van der Waals surface area contributed by atoms with Gasteiger partial charge in [0, 0.05) is 27.3 Å². The summed E-state index contributed by atoms with van der Waals surface area (Å²) < 4.78 is 8.60. The van der Waals surface area contributed by atoms with Crippen LogP contribution in [0.5, 0.6) is 11.6 Å². The van der Waals surface area contributed by atoms with Gasteiger partial charge in [-0.25, -0.2) is 15.0 Å². The monoisotopic (exact) mass is 469 g/mol. The van der Waals surface area contributed by atoms with Crippen LogP contribution in [0.15, 0.2) is 58.9 Å². The van der Waals surface area contributed by atoms with Gasteiger partial charge in [-0.2, -0.15) is 0 Å². The number of nitrogens with one attached hydrogen (secondary N) is 1. The van der Waals surface area contributed by atoms with Crippen molar-refractivity contribution in [2.75, 3.05) is 5.32 Å². The SMILES string of the molecule is Cc1ncn(-c2cc(Oc3ccc(NC(=O)c4cc(Br)cs4)cc3)ncn2)c1C. The lowest BCUT2D eigenvalue weighted by atomic mass is 10.3. The molecule has 0 aliphatic rings. The van der Waals surface area contributed by atoms with E-state index < -0.39 is 0 Å². The molecule has 0 saturated heterocycles. The molecule has 4 rings (SSSR count). The van der Waals surface area contributed by atoms with Gasteiger partial charge in [0.25, 0.3) is 5.91 Å². The Kier molecular flexibility index (Phi) is 5.41. The predicted octanol–water partition coefficient (Wildman–Crippen LogP) is 5.15. The van der Waals surface area contributed by atoms with Crippen molar-refractivity contribution in [2.45, 2.75) is 13.8 Å². The number of benzene rings is 1. The summed E-state index contributed by atoms with van der Waals surface area (Å²) in [6, 6.07) is 10.6. The van der Waals surface area contributed by atoms with E-state index in [1.165, 1.54) is 17.7 Å². The zero-order chi connectivity index (χ0) is 20.4. The zero-order valence-electron chi connectivity index (χ0n) is 15.6. The van der Waals surface area contributed by atoms with E-state index in [1.807, 2.05) is 23.8 Å². The molecule has 0 bridgehead atoms. The molecule has 9 heteroatoms. The summed E-state index contributed by atoms with van der Waals surface area (Å²) in [5.74, 6) is 1.55. The molecule has 1 N–H and O–H groups in total. The molecule has 0 atom stereocenters. The van der Waals surface area contributed by atoms with Gasteiger partial charge in [0.2, 0.25) is 5.88 Å². The van der Waals surface area contributed by atoms with E-state index in [2.05, 4.69) is 36.2 Å². The smallest absolute Gasteiger partial charge is 0.265 e. The Labute approximate surface area is 179 Å². The minimum Gasteiger partial charge on any atom is -0.439 e. The molecular formula is C20H16BrN5O2S. The average Bonchev–Trinajstić information content (AvgIpc) is 3.30. The molecule has 7 nitrogen and oxygen atoms in total. The van der Waals surface area contributed by atoms with Crippen molar-refractivity contribution in [1.82, 2.24) is 19.5 Å². The Bertz CT molecular complexity index is 1170. The Morgan fingerprint density at radius 1 is 1.14 bits per heavy atom. The first-order valence-corrected chi connectivity index (χ1v) is 10.3. The van der Waals surface area contributed by atoms with Crippen molar-refractivity contribution < 1.29 is 9.53 Å². The predicted molar refractivity (Wildman–Crippen MR) is 115 cm³/mol. The quantitative estimate of drug-likeness (QED) is 0.437. The maximum absolute atomic E-state index is 12.2. The Balaban J connectivity index is 1.46. The molecule has 1 aromatic carbocycles. The number of nitrogens with zero attached hydrogens (tertiary/aromatic N) is 4. The highest BCUT2D eigenvalue weighted by molar-refractivity contribution is 9.10. The first-order valence-electron chi connectivity index (χ1n) is 8.66. The average molecular weight is 470 g/mol. The molecule has 0 aliphatic carbocycles. The highest BCUT2D eigenvalue weighted by atomic mass is 79.9. The number of anilines is 1. The molecule has 29 heavy (non-hydrogen) atoms. The van der Waals surface area contributed by atoms with Gasteiger partial charge in [0.1, 0.15) is 24.2 Å². The normalized spacial score (nSPS) is 10.7. The van der Waals surface area contributed by atoms with Gasteiger partial charge in [-0.3, -0.25) is 9.36 Å². The molecule has 146 valence electrons. The minimum atomic E-state index is -0.152. The van der Waals surface area contributed by atoms with Crippen LogP contribution >= 0.6 is 27.3 Å². The highest BCUT2D eigenvalue weighted by Gasteiger charge is 2.10. The lowest BCUT2D eigenvalue weighted by Crippen LogP contribution is -2.09. The van der Waals surface area contributed by atoms with E-state index in [4.69, 9.17) is 4.74 Å². The summed E-state index contributed by atoms with van der Waals surface area (Å²) in [7, 11) is 0. The van der Waals surface area contributed by atoms with Crippen LogP contribution in [-0.4, -0.2) is 25.4 Å². The van der Waals surface area contributed by atoms with Crippen LogP contribution in [0.2, 0.25) is 0 Å². The molecular weight excluding hydrogens is 454 g/mol. The number of halogens is 1. The second-order valence-electron chi connectivity index (χ2n) is 6.21. The molecule has 3 aromatic heterocycles. The van der Waals surface area contributed by atoms with Gasteiger partial charge in [0.15, 0.2) is 0 Å². The van der Waals surface area contributed by atoms with Crippen molar-refractivity contribution in [1.29, 1.82) is 0 Å². The summed E-state index contributed by atoms with van der Waals surface area (Å²) >= 11 is 4.73. The lowest BCUT2D eigenvalue weighted by Gasteiger charge is -2.09. The number of carbonyl (C=O) groups excluding carboxylic acids is 1. The third kappa shape index (κ3) is 4.36. The first-order chi connectivity index (χ1) is 14.0. The van der Waals surface area contributed by atoms with Crippen LogP contribution in [0.1, 0.15) is 21.1 Å². The largest absolute Gasteiger partial charge is 0.439 e. The van der Waals surface area contributed by atoms with E-state index in [1.54, 1.807) is 42.7 Å². The molecule has 1 amide bonds. The number of aryl methyl sites for hydroxylation is 1. The molecule has 0 fully saturated rings. The van der Waals surface area contributed by atoms with Gasteiger partial charge in [-0.15, -0.1) is 11.3 Å². The Hall–Kier alpha value is -3.04. The van der Waals surface area contributed by atoms with Crippen LogP contribution < -0.4 is 10.1 Å². The van der Waals surface area contributed by atoms with Crippen LogP contribution in [0, 0.1) is 13.8 Å². The zero-order valence-corrected chi connectivity index (χ0v) is 18.0. The van der Waals surface area contributed by atoms with E-state index in [0.29, 0.717) is 28.0 Å². The van der Waals surface area contributed by atoms with Crippen LogP contribution in [0.3, 0.4) is 0 Å². The number of carbonyl (C=O) groups is 1. The fraction of sp³-hybridized carbons (Fsp3) is 0.100. The third-order valence-electron chi connectivity index (χ3n) is 4.25. The number of aromatic nitrogens is 4. The van der Waals surface area contributed by atoms with Crippen LogP contribution in [0.25, 0.3) is 5.82 Å². The number of ether oxygens (including phenoxy) is 1. The third-order valence-corrected chi connectivity index (χ3v) is 5.94. The second-order valence-corrected chi connectivity index (χ2v) is 8.04. The van der Waals surface area contributed by atoms with Gasteiger partial charge in [-0.1, -0.05) is 0 Å². The van der Waals surface area contributed by atoms with E-state index in [0.717, 1.165) is 15.9 Å². The van der Waals surface area contributed by atoms with Gasteiger partial charge in [-0.05, 0) is 60.1 Å². The number of amides is 1. The summed E-state index contributed by atoms with van der Waals surface area (Å²) in [6.45, 7) is 3.93. The van der Waals surface area contributed by atoms with Crippen molar-refractivity contribution in [3.63, 3.8) is 0 Å². The van der Waals surface area contributed by atoms with Crippen molar-refractivity contribution in [2.24, 2.45) is 0 Å². The number of thiophene rings is 1. The molecule has 4 aromatic rings. The Morgan fingerprint density at radius 3 is 2.59 bits per heavy atom. The standard InChI is InChI=1S/C20H16BrN5O2S/c1-12-13(2)26(11-24-12)18-8-19(23-10-22-18)28-16-5-3-15(4-6-16)25-20(27)17-7-14(21)9-29-17/h3-11H,1-2H3,(H,25,27). The Morgan fingerprint density at radius 2 is 1.93 bits per heavy atom. The van der Waals surface area contributed by atoms with Crippen molar-refractivity contribution in [3.8, 4) is 17.4 Å². The van der Waals surface area contributed by atoms with Gasteiger partial charge in [0.05, 0.1) is 10.6 Å². The van der Waals surface area contributed by atoms with Crippen LogP contribution in [0.4, 0.5) is 5.69 Å². The van der Waals surface area contributed by atoms with E-state index in [9.17, 15) is 4.79 Å². The van der Waals surface area contributed by atoms with Crippen LogP contribution in [-0.2, 0) is 0 Å². The topological polar surface area (TPSA) is 81.9 Å². The molecule has 0 radical (unpaired) electrons. The van der Waals surface area contributed by atoms with Gasteiger partial charge >= 0.3 is 0 Å². The molecule has 3 heterocycles. The fourth-order valence-corrected chi connectivity index (χ4v) is 3.92. The second kappa shape index (κ2) is 8.14. The number of imidazole rings is 1. The summed E-state index contributed by atoms with van der Waals surface area (Å²) in [4.78, 5) is 25.6. The summed E-state index contributed by atoms with van der Waals surface area (Å²) in [6.07, 6.45) is 3.17. The number of hydrogen-bond donors (Lipinski definition) is 1. The summed E-state index contributed by atoms with van der Waals surface area (Å²) in [5, 5.41) is 4.73. The molecule has 0 aliphatic heterocycles. The molecule has 0 spiro atoms.